The number of ether oxygens (including phenoxy) is 8. The highest BCUT2D eigenvalue weighted by atomic mass is 16.6. The summed E-state index contributed by atoms with van der Waals surface area (Å²) in [4.78, 5) is 97.5. The van der Waals surface area contributed by atoms with Gasteiger partial charge in [-0.2, -0.15) is 0 Å². The van der Waals surface area contributed by atoms with Crippen LogP contribution >= 0.6 is 0 Å². The van der Waals surface area contributed by atoms with Crippen molar-refractivity contribution >= 4 is 59.4 Å². The van der Waals surface area contributed by atoms with Crippen LogP contribution in [0.25, 0.3) is 0 Å². The van der Waals surface area contributed by atoms with Crippen LogP contribution in [0.1, 0.15) is 45.6 Å². The van der Waals surface area contributed by atoms with E-state index in [1.54, 1.807) is 33.8 Å². The number of rotatable bonds is 24. The lowest BCUT2D eigenvalue weighted by Crippen LogP contribution is -2.44. The quantitative estimate of drug-likeness (QED) is 0.0854. The zero-order valence-corrected chi connectivity index (χ0v) is 31.4. The number of aryl methyl sites for hydroxylation is 1. The van der Waals surface area contributed by atoms with Crippen molar-refractivity contribution in [3.8, 4) is 0 Å². The Bertz CT molecular complexity index is 1530. The Balaban J connectivity index is 3.19. The van der Waals surface area contributed by atoms with E-state index in [4.69, 9.17) is 37.9 Å². The summed E-state index contributed by atoms with van der Waals surface area (Å²) in [5, 5.41) is 5.00. The summed E-state index contributed by atoms with van der Waals surface area (Å²) in [5.74, 6) is -4.35. The lowest BCUT2D eigenvalue weighted by Gasteiger charge is -2.31. The Morgan fingerprint density at radius 2 is 0.855 bits per heavy atom. The van der Waals surface area contributed by atoms with Gasteiger partial charge in [-0.1, -0.05) is 46.6 Å². The van der Waals surface area contributed by atoms with E-state index in [1.165, 1.54) is 12.1 Å². The van der Waals surface area contributed by atoms with Crippen molar-refractivity contribution in [3.63, 3.8) is 0 Å². The molecule has 1 aromatic rings. The Morgan fingerprint density at radius 3 is 1.20 bits per heavy atom. The predicted octanol–water partition coefficient (Wildman–Crippen LogP) is 4.11. The third-order valence-corrected chi connectivity index (χ3v) is 7.29. The Kier molecular flexibility index (Phi) is 20.6. The summed E-state index contributed by atoms with van der Waals surface area (Å²) in [6, 6.07) is 4.41. The van der Waals surface area contributed by atoms with Gasteiger partial charge in [0.1, 0.15) is 63.7 Å². The minimum absolute atomic E-state index is 0.00243. The number of hydrogen-bond acceptors (Lipinski definition) is 16. The van der Waals surface area contributed by atoms with E-state index in [0.29, 0.717) is 5.56 Å². The molecule has 0 aromatic heterocycles. The Labute approximate surface area is 318 Å². The summed E-state index contributed by atoms with van der Waals surface area (Å²) >= 11 is 0. The lowest BCUT2D eigenvalue weighted by atomic mass is 9.92. The summed E-state index contributed by atoms with van der Waals surface area (Å²) in [5.41, 5.74) is -2.19. The molecule has 0 heterocycles. The van der Waals surface area contributed by atoms with Crippen molar-refractivity contribution in [2.45, 2.75) is 47.0 Å². The van der Waals surface area contributed by atoms with E-state index in [-0.39, 0.29) is 30.6 Å². The average molecular weight is 777 g/mol. The Morgan fingerprint density at radius 1 is 0.527 bits per heavy atom. The molecule has 0 spiro atoms. The molecule has 2 N–H and O–H groups in total. The molecule has 0 radical (unpaired) electrons. The molecule has 0 aliphatic heterocycles. The van der Waals surface area contributed by atoms with Crippen LogP contribution in [0, 0.1) is 17.8 Å². The lowest BCUT2D eigenvalue weighted by molar-refractivity contribution is -0.164. The van der Waals surface area contributed by atoms with E-state index in [0.717, 1.165) is 18.2 Å². The number of amides is 2. The number of carbonyl (C=O) groups is 8. The van der Waals surface area contributed by atoms with Gasteiger partial charge in [-0.3, -0.25) is 25.0 Å². The summed E-state index contributed by atoms with van der Waals surface area (Å²) in [6.45, 7) is 12.3. The molecule has 1 aromatic carbocycles. The number of benzene rings is 1. The van der Waals surface area contributed by atoms with E-state index >= 15 is 0 Å². The SMILES string of the molecule is C=CC(=O)OCC(COC(=O)C=C)(COC(=O)CC)COC(=O)Nc1ccc(C)c(NC(=O)OCC(COC(=O)C=C)(COC(=O)CC)COC(=O)CC)c1. The van der Waals surface area contributed by atoms with Gasteiger partial charge >= 0.3 is 48.0 Å². The summed E-state index contributed by atoms with van der Waals surface area (Å²) < 4.78 is 42.0. The van der Waals surface area contributed by atoms with E-state index in [1.807, 2.05) is 0 Å². The molecular weight excluding hydrogens is 728 g/mol. The molecule has 0 aliphatic carbocycles. The van der Waals surface area contributed by atoms with E-state index in [9.17, 15) is 38.4 Å². The molecule has 0 saturated heterocycles. The minimum Gasteiger partial charge on any atom is -0.465 e. The van der Waals surface area contributed by atoms with Gasteiger partial charge in [0, 0.05) is 48.9 Å². The smallest absolute Gasteiger partial charge is 0.411 e. The van der Waals surface area contributed by atoms with Gasteiger partial charge in [0.2, 0.25) is 0 Å². The van der Waals surface area contributed by atoms with Gasteiger partial charge < -0.3 is 37.9 Å². The highest BCUT2D eigenvalue weighted by molar-refractivity contribution is 5.90. The molecular formula is C37H48N2O16. The monoisotopic (exact) mass is 776 g/mol. The maximum atomic E-state index is 13.0. The molecule has 0 fully saturated rings. The minimum atomic E-state index is -1.54. The molecule has 2 amide bonds. The molecule has 0 saturated carbocycles. The van der Waals surface area contributed by atoms with Gasteiger partial charge in [0.25, 0.3) is 0 Å². The molecule has 0 atom stereocenters. The Hall–Kier alpha value is -6.20. The third-order valence-electron chi connectivity index (χ3n) is 7.29. The van der Waals surface area contributed by atoms with E-state index in [2.05, 4.69) is 30.4 Å². The van der Waals surface area contributed by atoms with Crippen LogP contribution in [0.15, 0.2) is 56.2 Å². The zero-order valence-electron chi connectivity index (χ0n) is 31.4. The first kappa shape index (κ1) is 46.8. The van der Waals surface area contributed by atoms with Crippen LogP contribution in [0.4, 0.5) is 21.0 Å². The molecule has 18 heteroatoms. The third kappa shape index (κ3) is 17.9. The van der Waals surface area contributed by atoms with Crippen LogP contribution in [0.3, 0.4) is 0 Å². The first-order valence-corrected chi connectivity index (χ1v) is 16.9. The van der Waals surface area contributed by atoms with Crippen LogP contribution in [-0.2, 0) is 66.7 Å². The van der Waals surface area contributed by atoms with E-state index < -0.39 is 112 Å². The zero-order chi connectivity index (χ0) is 41.4. The van der Waals surface area contributed by atoms with Crippen LogP contribution in [0.5, 0.6) is 0 Å². The molecule has 1 rings (SSSR count). The number of nitrogens with one attached hydrogen (secondary N) is 2. The van der Waals surface area contributed by atoms with Gasteiger partial charge in [0.15, 0.2) is 0 Å². The molecule has 0 bridgehead atoms. The van der Waals surface area contributed by atoms with Gasteiger partial charge in [-0.25, -0.2) is 24.0 Å². The highest BCUT2D eigenvalue weighted by Gasteiger charge is 2.39. The maximum Gasteiger partial charge on any atom is 0.411 e. The van der Waals surface area contributed by atoms with Crippen molar-refractivity contribution in [1.29, 1.82) is 0 Å². The van der Waals surface area contributed by atoms with Crippen LogP contribution in [0.2, 0.25) is 0 Å². The second-order valence-corrected chi connectivity index (χ2v) is 11.9. The molecule has 0 unspecified atom stereocenters. The van der Waals surface area contributed by atoms with Crippen LogP contribution in [-0.4, -0.2) is 101 Å². The fourth-order valence-corrected chi connectivity index (χ4v) is 3.93. The number of hydrogen-bond donors (Lipinski definition) is 2. The second kappa shape index (κ2) is 24.2. The first-order chi connectivity index (χ1) is 26.1. The average Bonchev–Trinajstić information content (AvgIpc) is 3.19. The van der Waals surface area contributed by atoms with Gasteiger partial charge in [-0.15, -0.1) is 0 Å². The van der Waals surface area contributed by atoms with Gasteiger partial charge in [-0.05, 0) is 24.6 Å². The normalized spacial score (nSPS) is 10.7. The summed E-state index contributed by atoms with van der Waals surface area (Å²) in [6.07, 6.45) is 0.658. The molecule has 18 nitrogen and oxygen atoms in total. The first-order valence-electron chi connectivity index (χ1n) is 16.9. The maximum absolute atomic E-state index is 13.0. The van der Waals surface area contributed by atoms with Crippen molar-refractivity contribution in [2.24, 2.45) is 10.8 Å². The number of carbonyl (C=O) groups excluding carboxylic acids is 8. The molecule has 0 aliphatic rings. The molecule has 55 heavy (non-hydrogen) atoms. The van der Waals surface area contributed by atoms with Crippen LogP contribution < -0.4 is 10.6 Å². The van der Waals surface area contributed by atoms with Crippen molar-refractivity contribution < 1.29 is 76.3 Å². The van der Waals surface area contributed by atoms with Crippen molar-refractivity contribution in [3.05, 3.63) is 61.7 Å². The number of esters is 6. The molecule has 302 valence electrons. The second-order valence-electron chi connectivity index (χ2n) is 11.9. The van der Waals surface area contributed by atoms with Crippen molar-refractivity contribution in [1.82, 2.24) is 0 Å². The largest absolute Gasteiger partial charge is 0.465 e. The van der Waals surface area contributed by atoms with Gasteiger partial charge in [0.05, 0.1) is 0 Å². The fraction of sp³-hybridized carbons (Fsp3) is 0.459. The standard InChI is InChI=1S/C37H48N2O16/c1-8-28(40)48-17-36(18-49-29(41)9-2,19-50-30(42)10-3)23-54-34(46)38-26-15-14-25(7)27(16-26)39-35(47)55-24-37(20-51-31(43)11-4,21-52-32(44)12-5)22-53-33(45)13-6/h8-9,11,14-16H,1-2,4,10,12-13,17-24H2,3,5-7H3,(H,38,46)(H,39,47). The fourth-order valence-electron chi connectivity index (χ4n) is 3.93. The predicted molar refractivity (Wildman–Crippen MR) is 193 cm³/mol. The topological polar surface area (TPSA) is 234 Å². The summed E-state index contributed by atoms with van der Waals surface area (Å²) in [7, 11) is 0. The van der Waals surface area contributed by atoms with Crippen molar-refractivity contribution in [2.75, 3.05) is 63.5 Å². The highest BCUT2D eigenvalue weighted by Crippen LogP contribution is 2.25. The number of anilines is 2.